The Morgan fingerprint density at radius 1 is 1.16 bits per heavy atom. The minimum Gasteiger partial charge on any atom is -0.492 e. The van der Waals surface area contributed by atoms with Gasteiger partial charge in [-0.05, 0) is 56.3 Å². The monoisotopic (exact) mass is 355 g/mol. The molecule has 1 aromatic heterocycles. The third-order valence-electron chi connectivity index (χ3n) is 3.73. The van der Waals surface area contributed by atoms with Crippen molar-refractivity contribution in [2.45, 2.75) is 13.8 Å². The molecule has 0 aliphatic carbocycles. The van der Waals surface area contributed by atoms with Crippen molar-refractivity contribution >= 4 is 23.2 Å². The van der Waals surface area contributed by atoms with Crippen molar-refractivity contribution in [1.29, 1.82) is 0 Å². The van der Waals surface area contributed by atoms with E-state index in [1.807, 2.05) is 37.3 Å². The van der Waals surface area contributed by atoms with Crippen LogP contribution in [0.5, 0.6) is 5.75 Å². The van der Waals surface area contributed by atoms with Crippen LogP contribution in [0, 0.1) is 6.92 Å². The van der Waals surface area contributed by atoms with E-state index in [-0.39, 0.29) is 5.91 Å². The van der Waals surface area contributed by atoms with Crippen molar-refractivity contribution in [3.05, 3.63) is 70.9 Å². The van der Waals surface area contributed by atoms with Gasteiger partial charge in [0.25, 0.3) is 5.91 Å². The van der Waals surface area contributed by atoms with Crippen LogP contribution >= 0.6 is 11.6 Å². The highest BCUT2D eigenvalue weighted by Crippen LogP contribution is 2.29. The molecule has 25 heavy (non-hydrogen) atoms. The number of amides is 1. The Balaban J connectivity index is 1.85. The molecule has 0 aliphatic heterocycles. The molecular weight excluding hydrogens is 338 g/mol. The van der Waals surface area contributed by atoms with Gasteiger partial charge in [-0.3, -0.25) is 4.79 Å². The van der Waals surface area contributed by atoms with Gasteiger partial charge in [0.15, 0.2) is 0 Å². The lowest BCUT2D eigenvalue weighted by Crippen LogP contribution is -2.13. The van der Waals surface area contributed by atoms with E-state index < -0.39 is 0 Å². The maximum atomic E-state index is 12.6. The largest absolute Gasteiger partial charge is 0.492 e. The molecule has 0 saturated heterocycles. The number of carbonyl (C=O) groups is 1. The predicted octanol–water partition coefficient (Wildman–Crippen LogP) is 5.56. The quantitative estimate of drug-likeness (QED) is 0.651. The Morgan fingerprint density at radius 3 is 2.60 bits per heavy atom. The molecule has 0 saturated carbocycles. The summed E-state index contributed by atoms with van der Waals surface area (Å²) in [4.78, 5) is 12.6. The van der Waals surface area contributed by atoms with E-state index in [2.05, 4.69) is 5.32 Å². The van der Waals surface area contributed by atoms with Crippen molar-refractivity contribution in [1.82, 2.24) is 0 Å². The number of nitrogens with one attached hydrogen (secondary N) is 1. The molecule has 0 bridgehead atoms. The zero-order valence-corrected chi connectivity index (χ0v) is 14.8. The van der Waals surface area contributed by atoms with E-state index in [0.717, 1.165) is 5.56 Å². The van der Waals surface area contributed by atoms with Crippen LogP contribution in [0.4, 0.5) is 5.69 Å². The van der Waals surface area contributed by atoms with Gasteiger partial charge in [-0.1, -0.05) is 23.7 Å². The van der Waals surface area contributed by atoms with Crippen molar-refractivity contribution in [3.8, 4) is 17.1 Å². The number of hydrogen-bond acceptors (Lipinski definition) is 3. The molecule has 4 nitrogen and oxygen atoms in total. The van der Waals surface area contributed by atoms with Gasteiger partial charge >= 0.3 is 0 Å². The number of rotatable bonds is 5. The number of anilines is 1. The van der Waals surface area contributed by atoms with Crippen LogP contribution in [0.3, 0.4) is 0 Å². The summed E-state index contributed by atoms with van der Waals surface area (Å²) in [6.45, 7) is 4.19. The van der Waals surface area contributed by atoms with Crippen molar-refractivity contribution < 1.29 is 13.9 Å². The van der Waals surface area contributed by atoms with E-state index in [4.69, 9.17) is 20.8 Å². The molecule has 1 N–H and O–H groups in total. The molecule has 0 aliphatic rings. The SMILES string of the molecule is CCOc1ccccc1NC(=O)c1cc(-c2ccc(Cl)cc2)oc1C. The van der Waals surface area contributed by atoms with Crippen molar-refractivity contribution in [3.63, 3.8) is 0 Å². The Labute approximate surface area is 151 Å². The second kappa shape index (κ2) is 7.45. The van der Waals surface area contributed by atoms with Gasteiger partial charge in [0.05, 0.1) is 17.9 Å². The maximum Gasteiger partial charge on any atom is 0.259 e. The summed E-state index contributed by atoms with van der Waals surface area (Å²) in [5.74, 6) is 1.57. The summed E-state index contributed by atoms with van der Waals surface area (Å²) in [5.41, 5.74) is 1.97. The van der Waals surface area contributed by atoms with Gasteiger partial charge in [-0.25, -0.2) is 0 Å². The zero-order chi connectivity index (χ0) is 17.8. The minimum absolute atomic E-state index is 0.242. The summed E-state index contributed by atoms with van der Waals surface area (Å²) in [6.07, 6.45) is 0. The topological polar surface area (TPSA) is 51.5 Å². The molecule has 0 unspecified atom stereocenters. The Kier molecular flexibility index (Phi) is 5.10. The van der Waals surface area contributed by atoms with Gasteiger partial charge in [0, 0.05) is 10.6 Å². The number of benzene rings is 2. The Bertz CT molecular complexity index is 884. The number of hydrogen-bond donors (Lipinski definition) is 1. The van der Waals surface area contributed by atoms with Crippen molar-refractivity contribution in [2.24, 2.45) is 0 Å². The first-order valence-electron chi connectivity index (χ1n) is 7.98. The first kappa shape index (κ1) is 17.1. The van der Waals surface area contributed by atoms with Crippen LogP contribution in [0.15, 0.2) is 59.0 Å². The van der Waals surface area contributed by atoms with E-state index in [1.54, 1.807) is 31.2 Å². The summed E-state index contributed by atoms with van der Waals surface area (Å²) in [6, 6.07) is 16.3. The second-order valence-electron chi connectivity index (χ2n) is 5.47. The smallest absolute Gasteiger partial charge is 0.259 e. The summed E-state index contributed by atoms with van der Waals surface area (Å²) >= 11 is 5.91. The molecule has 128 valence electrons. The number of ether oxygens (including phenoxy) is 1. The van der Waals surface area contributed by atoms with Crippen LogP contribution in [0.2, 0.25) is 5.02 Å². The number of furan rings is 1. The molecule has 3 aromatic rings. The molecule has 5 heteroatoms. The first-order valence-corrected chi connectivity index (χ1v) is 8.36. The molecule has 0 spiro atoms. The fourth-order valence-electron chi connectivity index (χ4n) is 2.50. The lowest BCUT2D eigenvalue weighted by molar-refractivity contribution is 0.102. The van der Waals surface area contributed by atoms with E-state index >= 15 is 0 Å². The van der Waals surface area contributed by atoms with Gasteiger partial charge < -0.3 is 14.5 Å². The summed E-state index contributed by atoms with van der Waals surface area (Å²) in [5, 5.41) is 3.53. The Morgan fingerprint density at radius 2 is 1.88 bits per heavy atom. The van der Waals surface area contributed by atoms with E-state index in [9.17, 15) is 4.79 Å². The van der Waals surface area contributed by atoms with Gasteiger partial charge in [0.1, 0.15) is 17.3 Å². The number of halogens is 1. The van der Waals surface area contributed by atoms with Crippen molar-refractivity contribution in [2.75, 3.05) is 11.9 Å². The average molecular weight is 356 g/mol. The summed E-state index contributed by atoms with van der Waals surface area (Å²) in [7, 11) is 0. The molecular formula is C20H18ClNO3. The Hall–Kier alpha value is -2.72. The maximum absolute atomic E-state index is 12.6. The molecule has 1 heterocycles. The predicted molar refractivity (Wildman–Crippen MR) is 99.5 cm³/mol. The molecule has 2 aromatic carbocycles. The highest BCUT2D eigenvalue weighted by molar-refractivity contribution is 6.30. The third-order valence-corrected chi connectivity index (χ3v) is 3.98. The fraction of sp³-hybridized carbons (Fsp3) is 0.150. The molecule has 0 fully saturated rings. The highest BCUT2D eigenvalue weighted by Gasteiger charge is 2.17. The van der Waals surface area contributed by atoms with Gasteiger partial charge in [-0.2, -0.15) is 0 Å². The van der Waals surface area contributed by atoms with E-state index in [1.165, 1.54) is 0 Å². The third kappa shape index (κ3) is 3.86. The fourth-order valence-corrected chi connectivity index (χ4v) is 2.63. The number of aryl methyl sites for hydroxylation is 1. The minimum atomic E-state index is -0.242. The van der Waals surface area contributed by atoms with Crippen LogP contribution in [0.25, 0.3) is 11.3 Å². The van der Waals surface area contributed by atoms with Crippen LogP contribution in [0.1, 0.15) is 23.0 Å². The highest BCUT2D eigenvalue weighted by atomic mass is 35.5. The lowest BCUT2D eigenvalue weighted by Gasteiger charge is -2.10. The van der Waals surface area contributed by atoms with Crippen LogP contribution in [-0.4, -0.2) is 12.5 Å². The first-order chi connectivity index (χ1) is 12.1. The molecule has 3 rings (SSSR count). The average Bonchev–Trinajstić information content (AvgIpc) is 2.99. The number of para-hydroxylation sites is 2. The standard InChI is InChI=1S/C20H18ClNO3/c1-3-24-18-7-5-4-6-17(18)22-20(23)16-12-19(25-13(16)2)14-8-10-15(21)11-9-14/h4-12H,3H2,1-2H3,(H,22,23). The molecule has 0 radical (unpaired) electrons. The van der Waals surface area contributed by atoms with Gasteiger partial charge in [0.2, 0.25) is 0 Å². The second-order valence-corrected chi connectivity index (χ2v) is 5.91. The molecule has 0 atom stereocenters. The summed E-state index contributed by atoms with van der Waals surface area (Å²) < 4.78 is 11.3. The number of carbonyl (C=O) groups excluding carboxylic acids is 1. The normalized spacial score (nSPS) is 10.5. The van der Waals surface area contributed by atoms with E-state index in [0.29, 0.717) is 40.2 Å². The molecule has 1 amide bonds. The van der Waals surface area contributed by atoms with Crippen LogP contribution < -0.4 is 10.1 Å². The van der Waals surface area contributed by atoms with Gasteiger partial charge in [-0.15, -0.1) is 0 Å². The van der Waals surface area contributed by atoms with Crippen LogP contribution in [-0.2, 0) is 0 Å². The zero-order valence-electron chi connectivity index (χ0n) is 14.0. The lowest BCUT2D eigenvalue weighted by atomic mass is 10.1.